The molecule has 1 fully saturated rings. The molecule has 0 unspecified atom stereocenters. The number of esters is 1. The highest BCUT2D eigenvalue weighted by atomic mass is 16.6. The lowest BCUT2D eigenvalue weighted by Crippen LogP contribution is -2.34. The first-order valence-corrected chi connectivity index (χ1v) is 24.4. The van der Waals surface area contributed by atoms with Gasteiger partial charge in [-0.25, -0.2) is 4.79 Å². The third-order valence-corrected chi connectivity index (χ3v) is 14.0. The number of aryl methyl sites for hydroxylation is 2. The van der Waals surface area contributed by atoms with Crippen LogP contribution >= 0.6 is 0 Å². The van der Waals surface area contributed by atoms with Crippen LogP contribution in [0.2, 0.25) is 0 Å². The van der Waals surface area contributed by atoms with E-state index in [4.69, 9.17) is 14.2 Å². The van der Waals surface area contributed by atoms with Crippen LogP contribution in [-0.2, 0) is 21.7 Å². The minimum atomic E-state index is -1.41. The van der Waals surface area contributed by atoms with Gasteiger partial charge in [0.05, 0.1) is 23.2 Å². The topological polar surface area (TPSA) is 173 Å². The van der Waals surface area contributed by atoms with Gasteiger partial charge in [0.2, 0.25) is 5.91 Å². The number of nitrogens with zero attached hydrogens (tertiary/aromatic N) is 3. The van der Waals surface area contributed by atoms with Crippen molar-refractivity contribution in [3.05, 3.63) is 165 Å². The van der Waals surface area contributed by atoms with Gasteiger partial charge in [-0.05, 0) is 137 Å². The van der Waals surface area contributed by atoms with Crippen molar-refractivity contribution in [2.24, 2.45) is 0 Å². The molecule has 3 aliphatic rings. The van der Waals surface area contributed by atoms with Crippen LogP contribution in [0.3, 0.4) is 0 Å². The van der Waals surface area contributed by atoms with Gasteiger partial charge in [-0.2, -0.15) is 0 Å². The summed E-state index contributed by atoms with van der Waals surface area (Å²) in [5.41, 5.74) is 5.80. The normalized spacial score (nSPS) is 15.0. The number of amides is 2. The van der Waals surface area contributed by atoms with Crippen LogP contribution in [-0.4, -0.2) is 81.2 Å². The van der Waals surface area contributed by atoms with Gasteiger partial charge in [0.25, 0.3) is 11.5 Å². The molecule has 0 bridgehead atoms. The number of aromatic nitrogens is 2. The molecule has 4 N–H and O–H groups in total. The van der Waals surface area contributed by atoms with E-state index >= 15 is 0 Å². The van der Waals surface area contributed by atoms with Crippen LogP contribution in [0.15, 0.2) is 120 Å². The average molecular weight is 944 g/mol. The third kappa shape index (κ3) is 9.18. The molecular weight excluding hydrogens is 887 g/mol. The van der Waals surface area contributed by atoms with Gasteiger partial charge in [-0.1, -0.05) is 42.3 Å². The summed E-state index contributed by atoms with van der Waals surface area (Å²) >= 11 is 0. The highest BCUT2D eigenvalue weighted by molar-refractivity contribution is 6.01. The number of fused-ring (bicyclic) bond motifs is 9. The highest BCUT2D eigenvalue weighted by Gasteiger charge is 2.53. The van der Waals surface area contributed by atoms with Gasteiger partial charge in [0.1, 0.15) is 34.3 Å². The molecule has 1 spiro atoms. The zero-order valence-corrected chi connectivity index (χ0v) is 39.2. The second-order valence-electron chi connectivity index (χ2n) is 18.7. The van der Waals surface area contributed by atoms with Crippen molar-refractivity contribution in [3.63, 3.8) is 0 Å². The summed E-state index contributed by atoms with van der Waals surface area (Å²) in [6, 6.07) is 32.5. The Morgan fingerprint density at radius 3 is 2.21 bits per heavy atom. The first kappa shape index (κ1) is 46.2. The molecule has 0 radical (unpaired) electrons. The Balaban J connectivity index is 0.647. The molecule has 0 aliphatic carbocycles. The second kappa shape index (κ2) is 19.8. The van der Waals surface area contributed by atoms with Crippen LogP contribution in [0.5, 0.6) is 28.7 Å². The standard InChI is InChI=1S/C56H57N5O9/c1-36-10-12-37(13-11-36)38-22-29-59(30-23-38)26-7-28-61-47-21-17-42(35-49(47)60-27-5-8-48(60)54(61)66)68-31-6-25-57-52(64)9-3-2-4-24-58-53(65)39-14-18-44-43(32-39)55(67)70-56(44)45-19-15-40(62)33-50(45)69-51-34-41(63)16-20-46(51)56/h5,8,10-21,27,32-35,38,62-63H,2-4,6-7,9,22-26,28-31H2,1H3,(H,57,64)(H,58,65). The maximum atomic E-state index is 13.6. The fourth-order valence-electron chi connectivity index (χ4n) is 10.3. The summed E-state index contributed by atoms with van der Waals surface area (Å²) < 4.78 is 22.1. The zero-order valence-electron chi connectivity index (χ0n) is 39.2. The predicted octanol–water partition coefficient (Wildman–Crippen LogP) is 8.69. The van der Waals surface area contributed by atoms with E-state index in [9.17, 15) is 29.4 Å². The van der Waals surface area contributed by atoms with Crippen molar-refractivity contribution in [1.82, 2.24) is 24.5 Å². The van der Waals surface area contributed by atoms with E-state index in [1.165, 1.54) is 41.5 Å². The zero-order chi connectivity index (χ0) is 48.4. The van der Waals surface area contributed by atoms with E-state index < -0.39 is 11.6 Å². The molecule has 14 nitrogen and oxygen atoms in total. The Bertz CT molecular complexity index is 3120. The molecule has 2 amide bonds. The maximum Gasteiger partial charge on any atom is 0.340 e. The van der Waals surface area contributed by atoms with Crippen LogP contribution in [0, 0.1) is 6.92 Å². The lowest BCUT2D eigenvalue weighted by atomic mass is 9.77. The molecule has 0 saturated carbocycles. The minimum Gasteiger partial charge on any atom is -0.508 e. The number of hydrogen-bond donors (Lipinski definition) is 4. The van der Waals surface area contributed by atoms with E-state index in [1.807, 2.05) is 45.5 Å². The van der Waals surface area contributed by atoms with E-state index in [1.54, 1.807) is 24.3 Å². The Morgan fingerprint density at radius 1 is 0.729 bits per heavy atom. The molecule has 3 aliphatic heterocycles. The number of nitrogens with one attached hydrogen (secondary N) is 2. The van der Waals surface area contributed by atoms with Gasteiger partial charge in [0, 0.05) is 72.7 Å². The molecule has 0 atom stereocenters. The molecule has 10 rings (SSSR count). The summed E-state index contributed by atoms with van der Waals surface area (Å²) in [6.07, 6.45) is 8.17. The molecule has 14 heteroatoms. The van der Waals surface area contributed by atoms with Crippen molar-refractivity contribution in [2.75, 3.05) is 39.3 Å². The van der Waals surface area contributed by atoms with Crippen molar-refractivity contribution in [1.29, 1.82) is 0 Å². The number of aromatic hydroxyl groups is 2. The summed E-state index contributed by atoms with van der Waals surface area (Å²) in [7, 11) is 0. The number of ether oxygens (including phenoxy) is 3. The van der Waals surface area contributed by atoms with Crippen molar-refractivity contribution in [3.8, 4) is 28.7 Å². The summed E-state index contributed by atoms with van der Waals surface area (Å²) in [6.45, 7) is 7.14. The quantitative estimate of drug-likeness (QED) is 0.0511. The fourth-order valence-corrected chi connectivity index (χ4v) is 10.3. The largest absolute Gasteiger partial charge is 0.508 e. The Morgan fingerprint density at radius 2 is 1.46 bits per heavy atom. The van der Waals surface area contributed by atoms with Crippen LogP contribution in [0.1, 0.15) is 106 Å². The van der Waals surface area contributed by atoms with Crippen molar-refractivity contribution in [2.45, 2.75) is 76.4 Å². The molecule has 360 valence electrons. The summed E-state index contributed by atoms with van der Waals surface area (Å²) in [5.74, 6) is 0.790. The molecule has 7 aromatic rings. The SMILES string of the molecule is Cc1ccc(C2CCN(CCCn3c(=O)c4cccn4c4cc(OCCCNC(=O)CCCCCNC(=O)c5ccc6c(c5)C(=O)OC65c6ccc(O)cc6Oc6cc(O)ccc65)ccc43)CC2)cc1. The fraction of sp³-hybridized carbons (Fsp3) is 0.321. The molecule has 5 aromatic carbocycles. The average Bonchev–Trinajstić information content (AvgIpc) is 3.97. The van der Waals surface area contributed by atoms with Crippen LogP contribution in [0.4, 0.5) is 0 Å². The number of phenolic OH excluding ortho intramolecular Hbond substituents is 2. The number of benzene rings is 5. The smallest absolute Gasteiger partial charge is 0.340 e. The number of carbonyl (C=O) groups is 3. The van der Waals surface area contributed by atoms with Crippen molar-refractivity contribution < 1.29 is 38.8 Å². The van der Waals surface area contributed by atoms with Gasteiger partial charge in [0.15, 0.2) is 5.60 Å². The Labute approximate surface area is 405 Å². The number of hydrogen-bond acceptors (Lipinski definition) is 10. The van der Waals surface area contributed by atoms with Crippen LogP contribution in [0.25, 0.3) is 16.6 Å². The van der Waals surface area contributed by atoms with Crippen LogP contribution < -0.4 is 25.7 Å². The molecule has 5 heterocycles. The maximum absolute atomic E-state index is 13.6. The predicted molar refractivity (Wildman–Crippen MR) is 265 cm³/mol. The molecular formula is C56H57N5O9. The monoisotopic (exact) mass is 943 g/mol. The van der Waals surface area contributed by atoms with E-state index in [0.29, 0.717) is 91.4 Å². The molecule has 1 saturated heterocycles. The van der Waals surface area contributed by atoms with Gasteiger partial charge >= 0.3 is 5.97 Å². The first-order chi connectivity index (χ1) is 34.0. The number of likely N-dealkylation sites (tertiary alicyclic amines) is 1. The van der Waals surface area contributed by atoms with Gasteiger partial charge < -0.3 is 48.9 Å². The van der Waals surface area contributed by atoms with Crippen molar-refractivity contribution >= 4 is 34.3 Å². The first-order valence-electron chi connectivity index (χ1n) is 24.4. The lowest BCUT2D eigenvalue weighted by Gasteiger charge is -2.36. The van der Waals surface area contributed by atoms with Gasteiger partial charge in [-0.15, -0.1) is 0 Å². The van der Waals surface area contributed by atoms with E-state index in [-0.39, 0.29) is 45.9 Å². The highest BCUT2D eigenvalue weighted by Crippen LogP contribution is 2.57. The Kier molecular flexibility index (Phi) is 13.1. The van der Waals surface area contributed by atoms with E-state index in [0.717, 1.165) is 56.4 Å². The number of carbonyl (C=O) groups excluding carboxylic acids is 3. The second-order valence-corrected chi connectivity index (χ2v) is 18.7. The number of piperidine rings is 1. The number of rotatable bonds is 17. The summed E-state index contributed by atoms with van der Waals surface area (Å²) in [5, 5.41) is 26.3. The molecule has 2 aromatic heterocycles. The summed E-state index contributed by atoms with van der Waals surface area (Å²) in [4.78, 5) is 55.5. The third-order valence-electron chi connectivity index (χ3n) is 14.0. The minimum absolute atomic E-state index is 0.00620. The number of unbranched alkanes of at least 4 members (excludes halogenated alkanes) is 2. The number of phenols is 2. The lowest BCUT2D eigenvalue weighted by molar-refractivity contribution is -0.121. The molecule has 70 heavy (non-hydrogen) atoms. The Hall–Kier alpha value is -7.58. The van der Waals surface area contributed by atoms with Gasteiger partial charge in [-0.3, -0.25) is 14.4 Å². The van der Waals surface area contributed by atoms with E-state index in [2.05, 4.69) is 46.7 Å².